The molecule has 1 aromatic carbocycles. The van der Waals surface area contributed by atoms with Gasteiger partial charge in [0.05, 0.1) is 13.2 Å². The Morgan fingerprint density at radius 3 is 1.80 bits per heavy atom. The van der Waals surface area contributed by atoms with Crippen LogP contribution in [0.5, 0.6) is 5.75 Å². The molecule has 1 aromatic rings. The van der Waals surface area contributed by atoms with Crippen molar-refractivity contribution in [3.63, 3.8) is 0 Å². The first kappa shape index (κ1) is 31.7. The van der Waals surface area contributed by atoms with Crippen molar-refractivity contribution in [3.8, 4) is 5.75 Å². The molecule has 1 amide bonds. The van der Waals surface area contributed by atoms with Crippen molar-refractivity contribution < 1.29 is 14.3 Å². The molecule has 4 nitrogen and oxygen atoms in total. The Balaban J connectivity index is 2.05. The number of amides is 1. The largest absolute Gasteiger partial charge is 0.493 e. The molecule has 1 rings (SSSR count). The third kappa shape index (κ3) is 18.6. The standard InChI is InChI=1S/C30H53NO3S/c1-5-6-7-8-9-10-11-12-13-14-15-16-17-18-19-20-21-33-28-22-27(23-29(24-28)35-4)31-30(32)34-25-26(2)3/h22-24,26H,5-21,25H2,1-4H3,(H,31,32). The molecule has 0 aliphatic carbocycles. The number of hydrogen-bond acceptors (Lipinski definition) is 4. The number of hydrogen-bond donors (Lipinski definition) is 1. The van der Waals surface area contributed by atoms with Crippen molar-refractivity contribution in [3.05, 3.63) is 18.2 Å². The fourth-order valence-electron chi connectivity index (χ4n) is 4.08. The molecular weight excluding hydrogens is 454 g/mol. The Hall–Kier alpha value is -1.36. The van der Waals surface area contributed by atoms with E-state index in [4.69, 9.17) is 9.47 Å². The van der Waals surface area contributed by atoms with E-state index in [1.54, 1.807) is 11.8 Å². The van der Waals surface area contributed by atoms with Crippen LogP contribution in [0.2, 0.25) is 0 Å². The summed E-state index contributed by atoms with van der Waals surface area (Å²) in [7, 11) is 0. The van der Waals surface area contributed by atoms with Crippen LogP contribution in [-0.4, -0.2) is 25.6 Å². The van der Waals surface area contributed by atoms with Gasteiger partial charge in [-0.25, -0.2) is 4.79 Å². The Morgan fingerprint density at radius 1 is 0.800 bits per heavy atom. The Bertz CT molecular complexity index is 650. The van der Waals surface area contributed by atoms with Crippen LogP contribution in [0.3, 0.4) is 0 Å². The van der Waals surface area contributed by atoms with Gasteiger partial charge in [-0.05, 0) is 30.7 Å². The minimum Gasteiger partial charge on any atom is -0.493 e. The molecule has 0 saturated carbocycles. The first-order chi connectivity index (χ1) is 17.0. The van der Waals surface area contributed by atoms with Crippen LogP contribution in [0, 0.1) is 5.92 Å². The Kier molecular flexibility index (Phi) is 19.8. The second-order valence-electron chi connectivity index (χ2n) is 10.2. The maximum Gasteiger partial charge on any atom is 0.411 e. The fraction of sp³-hybridized carbons (Fsp3) is 0.767. The molecule has 0 radical (unpaired) electrons. The van der Waals surface area contributed by atoms with Crippen LogP contribution in [0.25, 0.3) is 0 Å². The fourth-order valence-corrected chi connectivity index (χ4v) is 4.56. The molecule has 0 spiro atoms. The summed E-state index contributed by atoms with van der Waals surface area (Å²) in [6.45, 7) is 7.45. The molecule has 202 valence electrons. The van der Waals surface area contributed by atoms with Gasteiger partial charge in [-0.3, -0.25) is 5.32 Å². The smallest absolute Gasteiger partial charge is 0.411 e. The zero-order valence-corrected chi connectivity index (χ0v) is 24.0. The summed E-state index contributed by atoms with van der Waals surface area (Å²) in [6, 6.07) is 5.85. The van der Waals surface area contributed by atoms with Gasteiger partial charge in [0, 0.05) is 16.6 Å². The minimum atomic E-state index is -0.416. The first-order valence-corrected chi connectivity index (χ1v) is 15.5. The van der Waals surface area contributed by atoms with E-state index in [9.17, 15) is 4.79 Å². The van der Waals surface area contributed by atoms with Gasteiger partial charge >= 0.3 is 6.09 Å². The van der Waals surface area contributed by atoms with Crippen LogP contribution in [-0.2, 0) is 4.74 Å². The third-order valence-electron chi connectivity index (χ3n) is 6.18. The van der Waals surface area contributed by atoms with Gasteiger partial charge in [-0.1, -0.05) is 117 Å². The molecule has 0 heterocycles. The predicted molar refractivity (Wildman–Crippen MR) is 153 cm³/mol. The lowest BCUT2D eigenvalue weighted by atomic mass is 10.0. The first-order valence-electron chi connectivity index (χ1n) is 14.3. The number of unbranched alkanes of at least 4 members (excludes halogenated alkanes) is 15. The summed E-state index contributed by atoms with van der Waals surface area (Å²) in [5.41, 5.74) is 0.715. The lowest BCUT2D eigenvalue weighted by Gasteiger charge is -2.12. The van der Waals surface area contributed by atoms with Gasteiger partial charge in [-0.15, -0.1) is 11.8 Å². The van der Waals surface area contributed by atoms with Gasteiger partial charge in [0.2, 0.25) is 0 Å². The number of carbonyl (C=O) groups excluding carboxylic acids is 1. The van der Waals surface area contributed by atoms with Crippen molar-refractivity contribution in [2.75, 3.05) is 24.8 Å². The summed E-state index contributed by atoms with van der Waals surface area (Å²) in [6.07, 6.45) is 23.5. The monoisotopic (exact) mass is 507 g/mol. The molecule has 0 unspecified atom stereocenters. The minimum absolute atomic E-state index is 0.317. The van der Waals surface area contributed by atoms with Crippen molar-refractivity contribution in [2.24, 2.45) is 5.92 Å². The number of thioether (sulfide) groups is 1. The molecule has 0 atom stereocenters. The Labute approximate surface area is 220 Å². The number of carbonyl (C=O) groups is 1. The summed E-state index contributed by atoms with van der Waals surface area (Å²) in [4.78, 5) is 13.0. The maximum atomic E-state index is 12.0. The van der Waals surface area contributed by atoms with Crippen LogP contribution in [0.15, 0.2) is 23.1 Å². The van der Waals surface area contributed by atoms with Gasteiger partial charge < -0.3 is 9.47 Å². The zero-order valence-electron chi connectivity index (χ0n) is 23.2. The van der Waals surface area contributed by atoms with E-state index in [2.05, 4.69) is 12.2 Å². The molecule has 0 fully saturated rings. The van der Waals surface area contributed by atoms with Crippen LogP contribution < -0.4 is 10.1 Å². The number of nitrogens with one attached hydrogen (secondary N) is 1. The highest BCUT2D eigenvalue weighted by atomic mass is 32.2. The molecule has 1 N–H and O–H groups in total. The molecule has 35 heavy (non-hydrogen) atoms. The number of ether oxygens (including phenoxy) is 2. The topological polar surface area (TPSA) is 47.6 Å². The van der Waals surface area contributed by atoms with E-state index >= 15 is 0 Å². The lowest BCUT2D eigenvalue weighted by Crippen LogP contribution is -2.16. The molecule has 0 saturated heterocycles. The average molecular weight is 508 g/mol. The van der Waals surface area contributed by atoms with E-state index in [0.29, 0.717) is 24.8 Å². The highest BCUT2D eigenvalue weighted by Gasteiger charge is 2.08. The van der Waals surface area contributed by atoms with E-state index in [-0.39, 0.29) is 0 Å². The highest BCUT2D eigenvalue weighted by Crippen LogP contribution is 2.27. The number of benzene rings is 1. The molecule has 0 aliphatic heterocycles. The summed E-state index contributed by atoms with van der Waals surface area (Å²) in [5.74, 6) is 1.12. The van der Waals surface area contributed by atoms with Crippen molar-refractivity contribution in [1.82, 2.24) is 0 Å². The van der Waals surface area contributed by atoms with Gasteiger partial charge in [-0.2, -0.15) is 0 Å². The van der Waals surface area contributed by atoms with Crippen molar-refractivity contribution in [1.29, 1.82) is 0 Å². The Morgan fingerprint density at radius 2 is 1.31 bits per heavy atom. The van der Waals surface area contributed by atoms with Crippen LogP contribution in [0.4, 0.5) is 10.5 Å². The molecule has 0 bridgehead atoms. The zero-order chi connectivity index (χ0) is 25.6. The van der Waals surface area contributed by atoms with E-state index in [1.807, 2.05) is 38.3 Å². The predicted octanol–water partition coefficient (Wildman–Crippen LogP) is 10.3. The van der Waals surface area contributed by atoms with Crippen molar-refractivity contribution in [2.45, 2.75) is 128 Å². The second-order valence-corrected chi connectivity index (χ2v) is 11.0. The van der Waals surface area contributed by atoms with E-state index < -0.39 is 6.09 Å². The van der Waals surface area contributed by atoms with Crippen LogP contribution >= 0.6 is 11.8 Å². The third-order valence-corrected chi connectivity index (χ3v) is 6.88. The van der Waals surface area contributed by atoms with Crippen LogP contribution in [0.1, 0.15) is 124 Å². The lowest BCUT2D eigenvalue weighted by molar-refractivity contribution is 0.147. The molecule has 5 heteroatoms. The molecule has 0 aliphatic rings. The normalized spacial score (nSPS) is 11.1. The highest BCUT2D eigenvalue weighted by molar-refractivity contribution is 7.98. The SMILES string of the molecule is CCCCCCCCCCCCCCCCCCOc1cc(NC(=O)OCC(C)C)cc(SC)c1. The average Bonchev–Trinajstić information content (AvgIpc) is 2.84. The van der Waals surface area contributed by atoms with Crippen molar-refractivity contribution >= 4 is 23.5 Å². The summed E-state index contributed by atoms with van der Waals surface area (Å²) >= 11 is 1.64. The van der Waals surface area contributed by atoms with E-state index in [1.165, 1.54) is 96.3 Å². The quantitative estimate of drug-likeness (QED) is 0.125. The number of anilines is 1. The summed E-state index contributed by atoms with van der Waals surface area (Å²) in [5, 5.41) is 2.82. The second kappa shape index (κ2) is 21.9. The summed E-state index contributed by atoms with van der Waals surface area (Å²) < 4.78 is 11.2. The number of rotatable bonds is 22. The van der Waals surface area contributed by atoms with Gasteiger partial charge in [0.15, 0.2) is 0 Å². The van der Waals surface area contributed by atoms with Gasteiger partial charge in [0.25, 0.3) is 0 Å². The molecule has 0 aromatic heterocycles. The van der Waals surface area contributed by atoms with Gasteiger partial charge in [0.1, 0.15) is 5.75 Å². The maximum absolute atomic E-state index is 12.0. The molecular formula is C30H53NO3S. The van der Waals surface area contributed by atoms with E-state index in [0.717, 1.165) is 17.1 Å².